The number of Topliss-reactive ketones (excluding diaryl/α,β-unsaturated/α-hetero) is 2. The van der Waals surface area contributed by atoms with Crippen molar-refractivity contribution >= 4 is 43.6 Å². The number of rotatable bonds is 7. The van der Waals surface area contributed by atoms with E-state index < -0.39 is 85.0 Å². The Morgan fingerprint density at radius 1 is 1.05 bits per heavy atom. The van der Waals surface area contributed by atoms with Gasteiger partial charge >= 0.3 is 5.97 Å². The van der Waals surface area contributed by atoms with Crippen molar-refractivity contribution in [2.24, 2.45) is 28.6 Å². The number of ketones is 3. The molecule has 4 rings (SSSR count). The lowest BCUT2D eigenvalue weighted by molar-refractivity contribution is -0.183. The molecule has 4 aliphatic carbocycles. The highest BCUT2D eigenvalue weighted by molar-refractivity contribution is 7.86. The van der Waals surface area contributed by atoms with Gasteiger partial charge in [0.1, 0.15) is 23.6 Å². The van der Waals surface area contributed by atoms with Crippen LogP contribution in [0.25, 0.3) is 0 Å². The Morgan fingerprint density at radius 2 is 1.67 bits per heavy atom. The van der Waals surface area contributed by atoms with Crippen molar-refractivity contribution in [3.63, 3.8) is 0 Å². The summed E-state index contributed by atoms with van der Waals surface area (Å²) in [6, 6.07) is 0. The smallest absolute Gasteiger partial charge is 0.303 e. The molecule has 3 fully saturated rings. The van der Waals surface area contributed by atoms with Gasteiger partial charge < -0.3 is 9.84 Å². The van der Waals surface area contributed by atoms with Crippen LogP contribution in [0.1, 0.15) is 52.9 Å². The molecule has 3 saturated carbocycles. The van der Waals surface area contributed by atoms with Crippen LogP contribution in [0, 0.1) is 28.6 Å². The van der Waals surface area contributed by atoms with Gasteiger partial charge in [-0.3, -0.25) is 27.5 Å². The van der Waals surface area contributed by atoms with Gasteiger partial charge in [-0.1, -0.05) is 13.8 Å². The molecular weight excluding hydrogens is 556 g/mol. The summed E-state index contributed by atoms with van der Waals surface area (Å²) in [7, 11) is -8.46. The van der Waals surface area contributed by atoms with Crippen molar-refractivity contribution in [3.8, 4) is 0 Å². The Labute approximate surface area is 227 Å². The summed E-state index contributed by atoms with van der Waals surface area (Å²) in [6.45, 7) is 3.70. The normalized spacial score (nSPS) is 40.3. The number of esters is 1. The number of carbonyl (C=O) groups is 4. The summed E-state index contributed by atoms with van der Waals surface area (Å²) in [5.41, 5.74) is -4.36. The summed E-state index contributed by atoms with van der Waals surface area (Å²) in [5, 5.41) is 11.7. The van der Waals surface area contributed by atoms with Gasteiger partial charge in [0.25, 0.3) is 20.2 Å². The van der Waals surface area contributed by atoms with Crippen LogP contribution in [-0.4, -0.2) is 82.2 Å². The molecule has 0 heterocycles. The lowest BCUT2D eigenvalue weighted by atomic mass is 9.44. The molecule has 0 aromatic carbocycles. The Morgan fingerprint density at radius 3 is 2.23 bits per heavy atom. The molecule has 39 heavy (non-hydrogen) atoms. The average Bonchev–Trinajstić information content (AvgIpc) is 3.04. The van der Waals surface area contributed by atoms with Crippen LogP contribution >= 0.6 is 0 Å². The molecule has 0 unspecified atom stereocenters. The Bertz CT molecular complexity index is 1360. The van der Waals surface area contributed by atoms with E-state index in [4.69, 9.17) is 13.1 Å². The Kier molecular flexibility index (Phi) is 7.33. The van der Waals surface area contributed by atoms with E-state index in [0.29, 0.717) is 0 Å². The zero-order valence-corrected chi connectivity index (χ0v) is 24.1. The summed E-state index contributed by atoms with van der Waals surface area (Å²) in [5.74, 6) is -4.76. The van der Waals surface area contributed by atoms with Crippen molar-refractivity contribution in [3.05, 3.63) is 11.6 Å². The SMILES string of the molecule is CC(=O)OCC(=O)[C@@]1(O)CC[C@H]2[C@@H]3[C@H](OS(C)(=O)=O)[C@H](OS(C)(=O)=O)C4=CC(=O)CC[C@]4(C)[C@H]3C(=O)C[C@@]21C. The van der Waals surface area contributed by atoms with Gasteiger partial charge in [0.15, 0.2) is 12.4 Å². The van der Waals surface area contributed by atoms with Gasteiger partial charge in [-0.2, -0.15) is 16.8 Å². The maximum absolute atomic E-state index is 14.0. The third-order valence-electron chi connectivity index (χ3n) is 9.29. The van der Waals surface area contributed by atoms with Gasteiger partial charge in [0.2, 0.25) is 5.78 Å². The highest BCUT2D eigenvalue weighted by Gasteiger charge is 2.72. The van der Waals surface area contributed by atoms with Crippen LogP contribution in [0.5, 0.6) is 0 Å². The molecule has 0 radical (unpaired) electrons. The third kappa shape index (κ3) is 5.03. The highest BCUT2D eigenvalue weighted by Crippen LogP contribution is 2.67. The van der Waals surface area contributed by atoms with E-state index in [9.17, 15) is 41.1 Å². The molecular formula is C25H34O12S2. The van der Waals surface area contributed by atoms with Crippen LogP contribution in [0.15, 0.2) is 11.6 Å². The molecule has 0 aromatic heterocycles. The fourth-order valence-electron chi connectivity index (χ4n) is 7.70. The molecule has 14 heteroatoms. The lowest BCUT2D eigenvalue weighted by Gasteiger charge is -2.60. The highest BCUT2D eigenvalue weighted by atomic mass is 32.2. The molecule has 0 aliphatic heterocycles. The minimum absolute atomic E-state index is 0.0897. The molecule has 0 aromatic rings. The second-order valence-electron chi connectivity index (χ2n) is 11.8. The molecule has 0 bridgehead atoms. The van der Waals surface area contributed by atoms with Gasteiger partial charge in [0, 0.05) is 42.4 Å². The number of carbonyl (C=O) groups excluding carboxylic acids is 4. The van der Waals surface area contributed by atoms with Crippen LogP contribution < -0.4 is 0 Å². The van der Waals surface area contributed by atoms with E-state index in [0.717, 1.165) is 19.4 Å². The first-order valence-corrected chi connectivity index (χ1v) is 16.3. The molecule has 218 valence electrons. The van der Waals surface area contributed by atoms with Crippen molar-refractivity contribution < 1.29 is 54.2 Å². The zero-order valence-electron chi connectivity index (χ0n) is 22.5. The number of hydrogen-bond donors (Lipinski definition) is 1. The predicted octanol–water partition coefficient (Wildman–Crippen LogP) is 0.470. The third-order valence-corrected chi connectivity index (χ3v) is 10.4. The number of aliphatic hydroxyl groups is 1. The molecule has 0 amide bonds. The van der Waals surface area contributed by atoms with Gasteiger partial charge in [0.05, 0.1) is 12.5 Å². The lowest BCUT2D eigenvalue weighted by Crippen LogP contribution is -2.67. The van der Waals surface area contributed by atoms with Crippen molar-refractivity contribution in [1.82, 2.24) is 0 Å². The van der Waals surface area contributed by atoms with E-state index >= 15 is 0 Å². The van der Waals surface area contributed by atoms with Crippen molar-refractivity contribution in [2.45, 2.75) is 70.7 Å². The number of hydrogen-bond acceptors (Lipinski definition) is 12. The first kappa shape index (κ1) is 30.0. The van der Waals surface area contributed by atoms with Crippen LogP contribution in [0.4, 0.5) is 0 Å². The number of ether oxygens (including phenoxy) is 1. The summed E-state index contributed by atoms with van der Waals surface area (Å²) in [4.78, 5) is 51.0. The van der Waals surface area contributed by atoms with E-state index in [1.54, 1.807) is 13.8 Å². The van der Waals surface area contributed by atoms with Crippen molar-refractivity contribution in [1.29, 1.82) is 0 Å². The van der Waals surface area contributed by atoms with Crippen LogP contribution in [-0.2, 0) is 52.5 Å². The van der Waals surface area contributed by atoms with E-state index in [-0.39, 0.29) is 49.2 Å². The fraction of sp³-hybridized carbons (Fsp3) is 0.760. The Hall–Kier alpha value is -2.00. The number of fused-ring (bicyclic) bond motifs is 5. The second kappa shape index (κ2) is 9.54. The molecule has 12 nitrogen and oxygen atoms in total. The van der Waals surface area contributed by atoms with Crippen molar-refractivity contribution in [2.75, 3.05) is 19.1 Å². The Balaban J connectivity index is 1.91. The first-order valence-electron chi connectivity index (χ1n) is 12.7. The topological polar surface area (TPSA) is 184 Å². The molecule has 0 saturated heterocycles. The molecule has 8 atom stereocenters. The molecule has 4 aliphatic rings. The minimum atomic E-state index is -4.25. The maximum Gasteiger partial charge on any atom is 0.303 e. The fourth-order valence-corrected chi connectivity index (χ4v) is 8.92. The average molecular weight is 591 g/mol. The van der Waals surface area contributed by atoms with Gasteiger partial charge in [-0.15, -0.1) is 0 Å². The van der Waals surface area contributed by atoms with E-state index in [1.165, 1.54) is 6.08 Å². The summed E-state index contributed by atoms with van der Waals surface area (Å²) in [6.07, 6.45) is -0.143. The van der Waals surface area contributed by atoms with E-state index in [1.807, 2.05) is 0 Å². The van der Waals surface area contributed by atoms with E-state index in [2.05, 4.69) is 0 Å². The zero-order chi connectivity index (χ0) is 29.3. The standard InChI is InChI=1S/C25H34O12S2/c1-13(26)35-12-18(29)25(30)9-7-15-19-20(17(28)11-24(15,25)3)23(2)8-6-14(27)10-16(23)21(36-38(4,31)32)22(19)37-39(5,33)34/h10,15,19-22,30H,6-9,11-12H2,1-5H3/t15-,19-,20-,21+,22-,23-,24-,25-/m0/s1. The first-order chi connectivity index (χ1) is 17.7. The molecule has 1 N–H and O–H groups in total. The molecule has 0 spiro atoms. The largest absolute Gasteiger partial charge is 0.458 e. The predicted molar refractivity (Wildman–Crippen MR) is 134 cm³/mol. The van der Waals surface area contributed by atoms with Gasteiger partial charge in [-0.25, -0.2) is 0 Å². The second-order valence-corrected chi connectivity index (χ2v) is 15.0. The summed E-state index contributed by atoms with van der Waals surface area (Å²) >= 11 is 0. The minimum Gasteiger partial charge on any atom is -0.458 e. The van der Waals surface area contributed by atoms with Crippen LogP contribution in [0.3, 0.4) is 0 Å². The van der Waals surface area contributed by atoms with Crippen LogP contribution in [0.2, 0.25) is 0 Å². The monoisotopic (exact) mass is 590 g/mol. The quantitative estimate of drug-likeness (QED) is 0.320. The maximum atomic E-state index is 14.0. The van der Waals surface area contributed by atoms with Gasteiger partial charge in [-0.05, 0) is 36.8 Å². The summed E-state index contributed by atoms with van der Waals surface area (Å²) < 4.78 is 65.4.